The van der Waals surface area contributed by atoms with Crippen LogP contribution in [0.25, 0.3) is 50.1 Å². The highest BCUT2D eigenvalue weighted by Crippen LogP contribution is 2.28. The third-order valence-corrected chi connectivity index (χ3v) is 8.59. The summed E-state index contributed by atoms with van der Waals surface area (Å²) < 4.78 is 9.66. The Morgan fingerprint density at radius 3 is 2.39 bits per heavy atom. The molecule has 0 amide bonds. The van der Waals surface area contributed by atoms with Gasteiger partial charge in [-0.15, -0.1) is 5.10 Å². The molecular formula is C36H31N5O2S. The van der Waals surface area contributed by atoms with E-state index in [1.54, 1.807) is 0 Å². The average molecular weight is 598 g/mol. The molecule has 7 aromatic rings. The lowest BCUT2D eigenvalue weighted by Gasteiger charge is -2.06. The molecule has 4 aromatic carbocycles. The number of rotatable bonds is 10. The summed E-state index contributed by atoms with van der Waals surface area (Å²) in [5.74, 6) is 1.34. The first-order chi connectivity index (χ1) is 21.7. The zero-order chi connectivity index (χ0) is 29.9. The average Bonchev–Trinajstić information content (AvgIpc) is 3.76. The van der Waals surface area contributed by atoms with E-state index in [1.165, 1.54) is 35.1 Å². The van der Waals surface area contributed by atoms with Gasteiger partial charge >= 0.3 is 0 Å². The first-order valence-corrected chi connectivity index (χ1v) is 15.8. The Labute approximate surface area is 258 Å². The molecular weight excluding hydrogens is 566 g/mol. The van der Waals surface area contributed by atoms with Crippen molar-refractivity contribution in [1.82, 2.24) is 24.4 Å². The molecule has 0 atom stereocenters. The molecule has 8 heteroatoms. The minimum absolute atomic E-state index is 0.201. The van der Waals surface area contributed by atoms with Crippen LogP contribution < -0.4 is 14.8 Å². The lowest BCUT2D eigenvalue weighted by Crippen LogP contribution is -2.23. The molecule has 7 rings (SSSR count). The maximum atomic E-state index is 13.5. The third-order valence-electron chi connectivity index (χ3n) is 7.63. The number of hydrogen-bond donors (Lipinski definition) is 0. The number of benzene rings is 4. The fourth-order valence-electron chi connectivity index (χ4n) is 5.28. The molecule has 0 N–H and O–H groups in total. The van der Waals surface area contributed by atoms with E-state index >= 15 is 0 Å². The van der Waals surface area contributed by atoms with Crippen LogP contribution in [0, 0.1) is 0 Å². The van der Waals surface area contributed by atoms with E-state index in [0.29, 0.717) is 21.9 Å². The summed E-state index contributed by atoms with van der Waals surface area (Å²) in [4.78, 5) is 18.8. The van der Waals surface area contributed by atoms with Crippen molar-refractivity contribution in [2.75, 3.05) is 6.61 Å². The van der Waals surface area contributed by atoms with E-state index < -0.39 is 0 Å². The summed E-state index contributed by atoms with van der Waals surface area (Å²) in [7, 11) is 0. The normalized spacial score (nSPS) is 12.0. The molecule has 44 heavy (non-hydrogen) atoms. The highest BCUT2D eigenvalue weighted by Gasteiger charge is 2.15. The fourth-order valence-corrected chi connectivity index (χ4v) is 6.18. The largest absolute Gasteiger partial charge is 0.494 e. The van der Waals surface area contributed by atoms with Crippen LogP contribution in [0.4, 0.5) is 0 Å². The number of ether oxygens (including phenoxy) is 1. The maximum absolute atomic E-state index is 13.5. The minimum Gasteiger partial charge on any atom is -0.494 e. The van der Waals surface area contributed by atoms with Crippen molar-refractivity contribution in [1.29, 1.82) is 0 Å². The van der Waals surface area contributed by atoms with Crippen molar-refractivity contribution in [3.05, 3.63) is 124 Å². The first kappa shape index (κ1) is 27.7. The van der Waals surface area contributed by atoms with Gasteiger partial charge < -0.3 is 4.74 Å². The predicted octanol–water partition coefficient (Wildman–Crippen LogP) is 7.33. The number of aromatic nitrogens is 5. The number of nitrogens with zero attached hydrogens (tertiary/aromatic N) is 5. The molecule has 0 unspecified atom stereocenters. The van der Waals surface area contributed by atoms with Crippen molar-refractivity contribution >= 4 is 33.1 Å². The van der Waals surface area contributed by atoms with Crippen molar-refractivity contribution in [3.8, 4) is 34.1 Å². The van der Waals surface area contributed by atoms with Gasteiger partial charge in [0, 0.05) is 22.9 Å². The summed E-state index contributed by atoms with van der Waals surface area (Å²) in [6.45, 7) is 2.91. The Kier molecular flexibility index (Phi) is 7.73. The lowest BCUT2D eigenvalue weighted by molar-refractivity contribution is 0.305. The minimum atomic E-state index is -0.201. The Morgan fingerprint density at radius 1 is 0.818 bits per heavy atom. The number of hydrogen-bond acceptors (Lipinski definition) is 6. The monoisotopic (exact) mass is 597 g/mol. The Morgan fingerprint density at radius 2 is 1.59 bits per heavy atom. The number of fused-ring (bicyclic) bond motifs is 2. The van der Waals surface area contributed by atoms with Crippen LogP contribution in [0.15, 0.2) is 108 Å². The second-order valence-electron chi connectivity index (χ2n) is 10.8. The van der Waals surface area contributed by atoms with Gasteiger partial charge in [-0.05, 0) is 65.7 Å². The van der Waals surface area contributed by atoms with Gasteiger partial charge in [0.25, 0.3) is 5.56 Å². The second kappa shape index (κ2) is 12.3. The summed E-state index contributed by atoms with van der Waals surface area (Å²) in [5, 5.41) is 11.8. The topological polar surface area (TPSA) is 74.3 Å². The van der Waals surface area contributed by atoms with Crippen LogP contribution in [0.3, 0.4) is 0 Å². The summed E-state index contributed by atoms with van der Waals surface area (Å²) >= 11 is 1.33. The van der Waals surface area contributed by atoms with E-state index in [4.69, 9.17) is 9.84 Å². The van der Waals surface area contributed by atoms with Gasteiger partial charge in [0.15, 0.2) is 5.82 Å². The van der Waals surface area contributed by atoms with Crippen molar-refractivity contribution < 1.29 is 4.74 Å². The highest BCUT2D eigenvalue weighted by molar-refractivity contribution is 7.15. The SMILES string of the molecule is CCCCCCOc1ccc(-c2nc3s/c(=C\c4cn(-c5ccccc5)nc4-c4ccc5ccccc5c4)c(=O)n3n2)cc1. The quantitative estimate of drug-likeness (QED) is 0.154. The molecule has 0 radical (unpaired) electrons. The molecule has 0 saturated carbocycles. The van der Waals surface area contributed by atoms with E-state index in [2.05, 4.69) is 47.3 Å². The highest BCUT2D eigenvalue weighted by atomic mass is 32.1. The smallest absolute Gasteiger partial charge is 0.291 e. The van der Waals surface area contributed by atoms with Crippen molar-refractivity contribution in [3.63, 3.8) is 0 Å². The van der Waals surface area contributed by atoms with Gasteiger partial charge in [0.1, 0.15) is 11.4 Å². The fraction of sp³-hybridized carbons (Fsp3) is 0.167. The standard InChI is InChI=1S/C36H31N5O2S/c1-2-3-4-10-21-43-31-19-17-26(18-20-31)34-37-36-41(39-34)35(42)32(44-36)23-29-24-40(30-13-6-5-7-14-30)38-33(29)28-16-15-25-11-8-9-12-27(25)22-28/h5-9,11-20,22-24H,2-4,10,21H2,1H3/b32-23-. The molecule has 0 bridgehead atoms. The second-order valence-corrected chi connectivity index (χ2v) is 11.8. The summed E-state index contributed by atoms with van der Waals surface area (Å²) in [5.41, 5.74) is 4.20. The van der Waals surface area contributed by atoms with Gasteiger partial charge in [-0.25, -0.2) is 4.68 Å². The molecule has 7 nitrogen and oxygen atoms in total. The van der Waals surface area contributed by atoms with Crippen LogP contribution >= 0.6 is 11.3 Å². The summed E-state index contributed by atoms with van der Waals surface area (Å²) in [6, 6.07) is 32.3. The van der Waals surface area contributed by atoms with E-state index in [-0.39, 0.29) is 5.56 Å². The van der Waals surface area contributed by atoms with Crippen molar-refractivity contribution in [2.24, 2.45) is 0 Å². The molecule has 0 aliphatic rings. The number of thiazole rings is 1. The molecule has 218 valence electrons. The third kappa shape index (κ3) is 5.64. The Balaban J connectivity index is 1.21. The van der Waals surface area contributed by atoms with Gasteiger partial charge in [0.2, 0.25) is 4.96 Å². The Bertz CT molecular complexity index is 2160. The summed E-state index contributed by atoms with van der Waals surface area (Å²) in [6.07, 6.45) is 8.54. The number of unbranched alkanes of at least 4 members (excludes halogenated alkanes) is 3. The van der Waals surface area contributed by atoms with Crippen LogP contribution in [-0.2, 0) is 0 Å². The van der Waals surface area contributed by atoms with Gasteiger partial charge in [-0.2, -0.15) is 14.6 Å². The van der Waals surface area contributed by atoms with Gasteiger partial charge in [-0.1, -0.05) is 92.1 Å². The molecule has 0 aliphatic heterocycles. The van der Waals surface area contributed by atoms with E-state index in [1.807, 2.05) is 83.7 Å². The first-order valence-electron chi connectivity index (χ1n) is 14.9. The molecule has 3 heterocycles. The predicted molar refractivity (Wildman–Crippen MR) is 177 cm³/mol. The Hall–Kier alpha value is -5.08. The molecule has 0 saturated heterocycles. The van der Waals surface area contributed by atoms with Crippen LogP contribution in [0.5, 0.6) is 5.75 Å². The van der Waals surface area contributed by atoms with Crippen LogP contribution in [0.2, 0.25) is 0 Å². The van der Waals surface area contributed by atoms with E-state index in [0.717, 1.165) is 51.0 Å². The lowest BCUT2D eigenvalue weighted by atomic mass is 10.0. The van der Waals surface area contributed by atoms with Gasteiger partial charge in [0.05, 0.1) is 16.8 Å². The number of para-hydroxylation sites is 1. The maximum Gasteiger partial charge on any atom is 0.291 e. The van der Waals surface area contributed by atoms with Crippen LogP contribution in [0.1, 0.15) is 38.2 Å². The molecule has 3 aromatic heterocycles. The van der Waals surface area contributed by atoms with Crippen LogP contribution in [-0.4, -0.2) is 31.0 Å². The van der Waals surface area contributed by atoms with Gasteiger partial charge in [-0.3, -0.25) is 4.79 Å². The van der Waals surface area contributed by atoms with Crippen molar-refractivity contribution in [2.45, 2.75) is 32.6 Å². The molecule has 0 spiro atoms. The zero-order valence-electron chi connectivity index (χ0n) is 24.4. The molecule has 0 aliphatic carbocycles. The molecule has 0 fully saturated rings. The zero-order valence-corrected chi connectivity index (χ0v) is 25.2. The van der Waals surface area contributed by atoms with E-state index in [9.17, 15) is 4.79 Å².